The minimum atomic E-state index is -0.811. The maximum absolute atomic E-state index is 11.9. The molecule has 1 heterocycles. The molecule has 0 radical (unpaired) electrons. The molecule has 7 nitrogen and oxygen atoms in total. The largest absolute Gasteiger partial charge is 0.446 e. The topological polar surface area (TPSA) is 127 Å². The van der Waals surface area contributed by atoms with Gasteiger partial charge in [0.1, 0.15) is 12.3 Å². The lowest BCUT2D eigenvalue weighted by Gasteiger charge is -2.09. The molecule has 2 aromatic rings. The van der Waals surface area contributed by atoms with Crippen LogP contribution >= 0.6 is 0 Å². The number of hydrogen-bond donors (Lipinski definition) is 4. The number of oxazole rings is 1. The Bertz CT molecular complexity index is 607. The van der Waals surface area contributed by atoms with Gasteiger partial charge in [-0.05, 0) is 24.6 Å². The predicted molar refractivity (Wildman–Crippen MR) is 77.1 cm³/mol. The van der Waals surface area contributed by atoms with Gasteiger partial charge in [-0.15, -0.1) is 0 Å². The van der Waals surface area contributed by atoms with Crippen molar-refractivity contribution in [3.63, 3.8) is 0 Å². The van der Waals surface area contributed by atoms with Crippen LogP contribution in [0.5, 0.6) is 0 Å². The van der Waals surface area contributed by atoms with Crippen molar-refractivity contribution in [1.82, 2.24) is 10.3 Å². The number of anilines is 1. The average molecular weight is 290 g/mol. The molecule has 6 N–H and O–H groups in total. The van der Waals surface area contributed by atoms with E-state index in [-0.39, 0.29) is 17.5 Å². The number of carbonyl (C=O) groups excluding carboxylic acids is 1. The standard InChI is InChI=1S/C14H18N4O3/c1-8(19)12(16)14-18-11(7-21-14)13(20)17-6-9-2-4-10(15)5-3-9/h2-5,7-8,12,19H,6,15-16H2,1H3,(H,17,20). The fourth-order valence-corrected chi connectivity index (χ4v) is 1.66. The Hall–Kier alpha value is -2.38. The second kappa shape index (κ2) is 6.38. The molecule has 0 saturated heterocycles. The summed E-state index contributed by atoms with van der Waals surface area (Å²) in [5, 5.41) is 12.1. The van der Waals surface area contributed by atoms with Crippen molar-refractivity contribution in [3.8, 4) is 0 Å². The Labute approximate surface area is 122 Å². The Kier molecular flexibility index (Phi) is 4.56. The van der Waals surface area contributed by atoms with Crippen LogP contribution in [0.1, 0.15) is 34.9 Å². The number of benzene rings is 1. The number of aromatic nitrogens is 1. The van der Waals surface area contributed by atoms with Crippen LogP contribution in [0.25, 0.3) is 0 Å². The number of aliphatic hydroxyl groups excluding tert-OH is 1. The SMILES string of the molecule is CC(O)C(N)c1nc(C(=O)NCc2ccc(N)cc2)co1. The Morgan fingerprint density at radius 1 is 1.43 bits per heavy atom. The van der Waals surface area contributed by atoms with Crippen LogP contribution < -0.4 is 16.8 Å². The van der Waals surface area contributed by atoms with Gasteiger partial charge in [-0.1, -0.05) is 12.1 Å². The van der Waals surface area contributed by atoms with Crippen molar-refractivity contribution in [3.05, 3.63) is 47.7 Å². The molecule has 1 aromatic heterocycles. The monoisotopic (exact) mass is 290 g/mol. The molecule has 2 unspecified atom stereocenters. The van der Waals surface area contributed by atoms with Gasteiger partial charge in [-0.25, -0.2) is 4.98 Å². The zero-order valence-electron chi connectivity index (χ0n) is 11.6. The minimum absolute atomic E-state index is 0.122. The Morgan fingerprint density at radius 2 is 2.10 bits per heavy atom. The quantitative estimate of drug-likeness (QED) is 0.596. The summed E-state index contributed by atoms with van der Waals surface area (Å²) in [5.74, 6) is -0.248. The first-order valence-electron chi connectivity index (χ1n) is 6.49. The number of hydrogen-bond acceptors (Lipinski definition) is 6. The highest BCUT2D eigenvalue weighted by atomic mass is 16.3. The summed E-state index contributed by atoms with van der Waals surface area (Å²) < 4.78 is 5.10. The third kappa shape index (κ3) is 3.80. The number of aliphatic hydroxyl groups is 1. The predicted octanol–water partition coefficient (Wildman–Crippen LogP) is 0.567. The number of amides is 1. The first-order valence-corrected chi connectivity index (χ1v) is 6.49. The van der Waals surface area contributed by atoms with Crippen molar-refractivity contribution < 1.29 is 14.3 Å². The van der Waals surface area contributed by atoms with E-state index in [0.29, 0.717) is 12.2 Å². The van der Waals surface area contributed by atoms with Crippen LogP contribution in [-0.2, 0) is 6.54 Å². The zero-order chi connectivity index (χ0) is 15.4. The van der Waals surface area contributed by atoms with E-state index in [1.54, 1.807) is 12.1 Å². The summed E-state index contributed by atoms with van der Waals surface area (Å²) in [5.41, 5.74) is 13.0. The van der Waals surface area contributed by atoms with E-state index in [1.165, 1.54) is 13.2 Å². The van der Waals surface area contributed by atoms with E-state index in [1.807, 2.05) is 12.1 Å². The summed E-state index contributed by atoms with van der Waals surface area (Å²) in [4.78, 5) is 15.9. The highest BCUT2D eigenvalue weighted by Gasteiger charge is 2.20. The molecule has 2 rings (SSSR count). The van der Waals surface area contributed by atoms with E-state index in [0.717, 1.165) is 5.56 Å². The van der Waals surface area contributed by atoms with E-state index in [2.05, 4.69) is 10.3 Å². The Morgan fingerprint density at radius 3 is 2.71 bits per heavy atom. The number of rotatable bonds is 5. The summed E-state index contributed by atoms with van der Waals surface area (Å²) >= 11 is 0. The molecule has 0 fully saturated rings. The van der Waals surface area contributed by atoms with Gasteiger partial charge in [-0.2, -0.15) is 0 Å². The number of carbonyl (C=O) groups is 1. The molecule has 1 aromatic carbocycles. The molecular formula is C14H18N4O3. The van der Waals surface area contributed by atoms with E-state index >= 15 is 0 Å². The second-order valence-corrected chi connectivity index (χ2v) is 4.76. The van der Waals surface area contributed by atoms with Crippen molar-refractivity contribution in [2.45, 2.75) is 25.6 Å². The average Bonchev–Trinajstić information content (AvgIpc) is 2.95. The molecule has 1 amide bonds. The molecule has 7 heteroatoms. The smallest absolute Gasteiger partial charge is 0.273 e. The molecule has 0 aliphatic carbocycles. The molecule has 0 aliphatic rings. The van der Waals surface area contributed by atoms with E-state index in [4.69, 9.17) is 15.9 Å². The number of nitrogens with zero attached hydrogens (tertiary/aromatic N) is 1. The molecule has 2 atom stereocenters. The van der Waals surface area contributed by atoms with Crippen LogP contribution in [0, 0.1) is 0 Å². The molecule has 112 valence electrons. The summed E-state index contributed by atoms with van der Waals surface area (Å²) in [6, 6.07) is 6.42. The van der Waals surface area contributed by atoms with E-state index < -0.39 is 12.1 Å². The fourth-order valence-electron chi connectivity index (χ4n) is 1.66. The van der Waals surface area contributed by atoms with Crippen LogP contribution in [0.3, 0.4) is 0 Å². The van der Waals surface area contributed by atoms with Gasteiger partial charge in [0.05, 0.1) is 6.10 Å². The number of nitrogens with one attached hydrogen (secondary N) is 1. The van der Waals surface area contributed by atoms with Crippen LogP contribution in [-0.4, -0.2) is 22.1 Å². The van der Waals surface area contributed by atoms with Gasteiger partial charge in [-0.3, -0.25) is 4.79 Å². The normalized spacial score (nSPS) is 13.7. The maximum atomic E-state index is 11.9. The first-order chi connectivity index (χ1) is 9.97. The van der Waals surface area contributed by atoms with Crippen LogP contribution in [0.2, 0.25) is 0 Å². The lowest BCUT2D eigenvalue weighted by molar-refractivity contribution is 0.0945. The minimum Gasteiger partial charge on any atom is -0.446 e. The van der Waals surface area contributed by atoms with Crippen LogP contribution in [0.15, 0.2) is 34.9 Å². The molecule has 0 spiro atoms. The third-order valence-electron chi connectivity index (χ3n) is 2.99. The lowest BCUT2D eigenvalue weighted by Crippen LogP contribution is -2.25. The Balaban J connectivity index is 1.96. The van der Waals surface area contributed by atoms with Crippen molar-refractivity contribution >= 4 is 11.6 Å². The number of nitrogens with two attached hydrogens (primary N) is 2. The summed E-state index contributed by atoms with van der Waals surface area (Å²) in [7, 11) is 0. The van der Waals surface area contributed by atoms with Gasteiger partial charge >= 0.3 is 0 Å². The highest BCUT2D eigenvalue weighted by molar-refractivity contribution is 5.91. The van der Waals surface area contributed by atoms with Gasteiger partial charge in [0.15, 0.2) is 5.69 Å². The molecule has 0 bridgehead atoms. The van der Waals surface area contributed by atoms with Crippen molar-refractivity contribution in [2.75, 3.05) is 5.73 Å². The van der Waals surface area contributed by atoms with Crippen LogP contribution in [0.4, 0.5) is 5.69 Å². The second-order valence-electron chi connectivity index (χ2n) is 4.76. The molecule has 0 saturated carbocycles. The van der Waals surface area contributed by atoms with Crippen molar-refractivity contribution in [2.24, 2.45) is 5.73 Å². The molecular weight excluding hydrogens is 272 g/mol. The highest BCUT2D eigenvalue weighted by Crippen LogP contribution is 2.13. The van der Waals surface area contributed by atoms with Gasteiger partial charge in [0, 0.05) is 12.2 Å². The summed E-state index contributed by atoms with van der Waals surface area (Å²) in [6.45, 7) is 1.87. The zero-order valence-corrected chi connectivity index (χ0v) is 11.6. The van der Waals surface area contributed by atoms with Gasteiger partial charge in [0.2, 0.25) is 5.89 Å². The molecule has 21 heavy (non-hydrogen) atoms. The summed E-state index contributed by atoms with van der Waals surface area (Å²) in [6.07, 6.45) is 0.407. The van der Waals surface area contributed by atoms with Gasteiger partial charge < -0.3 is 26.3 Å². The van der Waals surface area contributed by atoms with E-state index in [9.17, 15) is 9.90 Å². The number of nitrogen functional groups attached to an aromatic ring is 1. The van der Waals surface area contributed by atoms with Gasteiger partial charge in [0.25, 0.3) is 5.91 Å². The third-order valence-corrected chi connectivity index (χ3v) is 2.99. The lowest BCUT2D eigenvalue weighted by atomic mass is 10.2. The first kappa shape index (κ1) is 15.0. The molecule has 0 aliphatic heterocycles. The van der Waals surface area contributed by atoms with Crippen molar-refractivity contribution in [1.29, 1.82) is 0 Å². The maximum Gasteiger partial charge on any atom is 0.273 e. The fraction of sp³-hybridized carbons (Fsp3) is 0.286.